The Morgan fingerprint density at radius 3 is 2.65 bits per heavy atom. The molecule has 110 valence electrons. The molecule has 7 heteroatoms. The number of aliphatic hydroxyl groups excluding tert-OH is 1. The van der Waals surface area contributed by atoms with Gasteiger partial charge in [-0.05, 0) is 30.5 Å². The summed E-state index contributed by atoms with van der Waals surface area (Å²) in [7, 11) is -3.27. The SMILES string of the molecule is O=S(=O)(NC[C@@H](O)c1ccc2c(c1)OCCO2)C1CC1. The van der Waals surface area contributed by atoms with Gasteiger partial charge < -0.3 is 14.6 Å². The highest BCUT2D eigenvalue weighted by molar-refractivity contribution is 7.90. The van der Waals surface area contributed by atoms with E-state index in [1.807, 2.05) is 0 Å². The first-order valence-electron chi connectivity index (χ1n) is 6.62. The molecule has 0 bridgehead atoms. The molecule has 2 aliphatic rings. The zero-order valence-electron chi connectivity index (χ0n) is 10.9. The van der Waals surface area contributed by atoms with Crippen LogP contribution in [-0.2, 0) is 10.0 Å². The maximum absolute atomic E-state index is 11.7. The summed E-state index contributed by atoms with van der Waals surface area (Å²) in [5.41, 5.74) is 0.604. The largest absolute Gasteiger partial charge is 0.486 e. The molecule has 1 saturated carbocycles. The van der Waals surface area contributed by atoms with Crippen LogP contribution in [0.3, 0.4) is 0 Å². The van der Waals surface area contributed by atoms with Crippen molar-refractivity contribution >= 4 is 10.0 Å². The Morgan fingerprint density at radius 1 is 1.25 bits per heavy atom. The first kappa shape index (κ1) is 13.7. The summed E-state index contributed by atoms with van der Waals surface area (Å²) < 4.78 is 36.7. The van der Waals surface area contributed by atoms with Gasteiger partial charge in [0.05, 0.1) is 11.4 Å². The standard InChI is InChI=1S/C13H17NO5S/c15-11(8-14-20(16,17)10-2-3-10)9-1-4-12-13(7-9)19-6-5-18-12/h1,4,7,10-11,14-15H,2-3,5-6,8H2/t11-/m1/s1. The van der Waals surface area contributed by atoms with Gasteiger partial charge in [-0.15, -0.1) is 0 Å². The Bertz CT molecular complexity index is 597. The van der Waals surface area contributed by atoms with E-state index >= 15 is 0 Å². The lowest BCUT2D eigenvalue weighted by atomic mass is 10.1. The third-order valence-corrected chi connectivity index (χ3v) is 5.31. The molecule has 0 aromatic heterocycles. The van der Waals surface area contributed by atoms with E-state index in [0.717, 1.165) is 0 Å². The second-order valence-electron chi connectivity index (χ2n) is 5.01. The zero-order valence-corrected chi connectivity index (χ0v) is 11.7. The monoisotopic (exact) mass is 299 g/mol. The number of aliphatic hydroxyl groups is 1. The normalized spacial score (nSPS) is 19.6. The summed E-state index contributed by atoms with van der Waals surface area (Å²) >= 11 is 0. The quantitative estimate of drug-likeness (QED) is 0.830. The lowest BCUT2D eigenvalue weighted by molar-refractivity contribution is 0.165. The van der Waals surface area contributed by atoms with Crippen molar-refractivity contribution in [2.24, 2.45) is 0 Å². The summed E-state index contributed by atoms with van der Waals surface area (Å²) in [5.74, 6) is 1.23. The van der Waals surface area contributed by atoms with Gasteiger partial charge >= 0.3 is 0 Å². The molecule has 0 saturated heterocycles. The number of hydrogen-bond donors (Lipinski definition) is 2. The van der Waals surface area contributed by atoms with Crippen molar-refractivity contribution in [3.05, 3.63) is 23.8 Å². The topological polar surface area (TPSA) is 84.9 Å². The summed E-state index contributed by atoms with van der Waals surface area (Å²) in [6.07, 6.45) is 0.504. The lowest BCUT2D eigenvalue weighted by Crippen LogP contribution is -2.31. The molecule has 2 N–H and O–H groups in total. The van der Waals surface area contributed by atoms with Crippen molar-refractivity contribution in [3.8, 4) is 11.5 Å². The molecule has 1 atom stereocenters. The van der Waals surface area contributed by atoms with Crippen LogP contribution in [0.5, 0.6) is 11.5 Å². The molecule has 0 amide bonds. The van der Waals surface area contributed by atoms with E-state index in [1.54, 1.807) is 18.2 Å². The van der Waals surface area contributed by atoms with Crippen LogP contribution in [0.15, 0.2) is 18.2 Å². The molecular weight excluding hydrogens is 282 g/mol. The Kier molecular flexibility index (Phi) is 3.57. The van der Waals surface area contributed by atoms with Gasteiger partial charge in [-0.1, -0.05) is 6.07 Å². The predicted octanol–water partition coefficient (Wildman–Crippen LogP) is 0.573. The number of sulfonamides is 1. The van der Waals surface area contributed by atoms with E-state index in [1.165, 1.54) is 0 Å². The van der Waals surface area contributed by atoms with Crippen LogP contribution in [0.2, 0.25) is 0 Å². The number of benzene rings is 1. The van der Waals surface area contributed by atoms with Crippen LogP contribution >= 0.6 is 0 Å². The molecule has 1 fully saturated rings. The molecule has 1 aliphatic heterocycles. The second-order valence-corrected chi connectivity index (χ2v) is 7.06. The van der Waals surface area contributed by atoms with Gasteiger partial charge in [-0.2, -0.15) is 0 Å². The fourth-order valence-corrected chi connectivity index (χ4v) is 3.46. The van der Waals surface area contributed by atoms with Gasteiger partial charge in [-0.25, -0.2) is 13.1 Å². The minimum absolute atomic E-state index is 0.0293. The van der Waals surface area contributed by atoms with E-state index in [-0.39, 0.29) is 11.8 Å². The number of rotatable bonds is 5. The van der Waals surface area contributed by atoms with E-state index in [2.05, 4.69) is 4.72 Å². The summed E-state index contributed by atoms with van der Waals surface area (Å²) in [5, 5.41) is 9.78. The third-order valence-electron chi connectivity index (χ3n) is 3.39. The molecule has 1 aromatic rings. The van der Waals surface area contributed by atoms with E-state index in [4.69, 9.17) is 9.47 Å². The molecule has 6 nitrogen and oxygen atoms in total. The zero-order chi connectivity index (χ0) is 14.2. The highest BCUT2D eigenvalue weighted by Gasteiger charge is 2.35. The predicted molar refractivity (Wildman–Crippen MR) is 72.3 cm³/mol. The van der Waals surface area contributed by atoms with E-state index in [9.17, 15) is 13.5 Å². The van der Waals surface area contributed by atoms with Gasteiger partial charge in [0.1, 0.15) is 13.2 Å². The van der Waals surface area contributed by atoms with Gasteiger partial charge in [0.25, 0.3) is 0 Å². The smallest absolute Gasteiger partial charge is 0.214 e. The molecule has 0 spiro atoms. The van der Waals surface area contributed by atoms with Crippen LogP contribution in [0.1, 0.15) is 24.5 Å². The minimum atomic E-state index is -3.27. The molecule has 20 heavy (non-hydrogen) atoms. The van der Waals surface area contributed by atoms with Crippen LogP contribution in [0, 0.1) is 0 Å². The van der Waals surface area contributed by atoms with Crippen molar-refractivity contribution < 1.29 is 23.0 Å². The minimum Gasteiger partial charge on any atom is -0.486 e. The summed E-state index contributed by atoms with van der Waals surface area (Å²) in [4.78, 5) is 0. The molecule has 1 aliphatic carbocycles. The highest BCUT2D eigenvalue weighted by Crippen LogP contribution is 2.33. The summed E-state index contributed by atoms with van der Waals surface area (Å²) in [6, 6.07) is 5.12. The van der Waals surface area contributed by atoms with Crippen molar-refractivity contribution in [2.45, 2.75) is 24.2 Å². The van der Waals surface area contributed by atoms with Crippen LogP contribution in [-0.4, -0.2) is 38.5 Å². The highest BCUT2D eigenvalue weighted by atomic mass is 32.2. The average Bonchev–Trinajstić information content (AvgIpc) is 3.29. The third kappa shape index (κ3) is 2.89. The van der Waals surface area contributed by atoms with Gasteiger partial charge in [0.15, 0.2) is 11.5 Å². The number of ether oxygens (including phenoxy) is 2. The van der Waals surface area contributed by atoms with Crippen molar-refractivity contribution in [1.29, 1.82) is 0 Å². The average molecular weight is 299 g/mol. The second kappa shape index (κ2) is 5.23. The molecule has 1 heterocycles. The Labute approximate surface area is 117 Å². The Hall–Kier alpha value is -1.31. The van der Waals surface area contributed by atoms with Crippen LogP contribution in [0.4, 0.5) is 0 Å². The maximum atomic E-state index is 11.7. The van der Waals surface area contributed by atoms with Crippen molar-refractivity contribution in [3.63, 3.8) is 0 Å². The van der Waals surface area contributed by atoms with Crippen molar-refractivity contribution in [2.75, 3.05) is 19.8 Å². The van der Waals surface area contributed by atoms with Gasteiger partial charge in [0, 0.05) is 6.54 Å². The Morgan fingerprint density at radius 2 is 1.95 bits per heavy atom. The first-order chi connectivity index (χ1) is 9.56. The van der Waals surface area contributed by atoms with Crippen molar-refractivity contribution in [1.82, 2.24) is 4.72 Å². The summed E-state index contributed by atoms with van der Waals surface area (Å²) in [6.45, 7) is 0.954. The van der Waals surface area contributed by atoms with Crippen LogP contribution < -0.4 is 14.2 Å². The number of hydrogen-bond acceptors (Lipinski definition) is 5. The Balaban J connectivity index is 1.66. The molecule has 1 aromatic carbocycles. The fourth-order valence-electron chi connectivity index (χ4n) is 2.08. The number of fused-ring (bicyclic) bond motifs is 1. The van der Waals surface area contributed by atoms with Gasteiger partial charge in [0.2, 0.25) is 10.0 Å². The molecule has 0 unspecified atom stereocenters. The fraction of sp³-hybridized carbons (Fsp3) is 0.538. The maximum Gasteiger partial charge on any atom is 0.214 e. The van der Waals surface area contributed by atoms with Crippen LogP contribution in [0.25, 0.3) is 0 Å². The number of nitrogens with one attached hydrogen (secondary N) is 1. The van der Waals surface area contributed by atoms with Gasteiger partial charge in [-0.3, -0.25) is 0 Å². The van der Waals surface area contributed by atoms with E-state index in [0.29, 0.717) is 43.1 Å². The molecule has 0 radical (unpaired) electrons. The first-order valence-corrected chi connectivity index (χ1v) is 8.17. The molecule has 3 rings (SSSR count). The molecular formula is C13H17NO5S. The van der Waals surface area contributed by atoms with E-state index < -0.39 is 16.1 Å². The lowest BCUT2D eigenvalue weighted by Gasteiger charge is -2.20.